The Kier molecular flexibility index (Phi) is 5.95. The molecule has 2 aromatic rings. The molecule has 0 heterocycles. The van der Waals surface area contributed by atoms with E-state index >= 15 is 0 Å². The lowest BCUT2D eigenvalue weighted by Crippen LogP contribution is -2.44. The Morgan fingerprint density at radius 1 is 1.08 bits per heavy atom. The molecule has 1 N–H and O–H groups in total. The van der Waals surface area contributed by atoms with E-state index < -0.39 is 17.7 Å². The van der Waals surface area contributed by atoms with E-state index in [1.54, 1.807) is 43.3 Å². The molecule has 0 aromatic heterocycles. The van der Waals surface area contributed by atoms with Crippen LogP contribution in [0.1, 0.15) is 24.2 Å². The maximum atomic E-state index is 12.6. The maximum absolute atomic E-state index is 12.6. The van der Waals surface area contributed by atoms with Gasteiger partial charge in [-0.25, -0.2) is 4.79 Å². The Hall–Kier alpha value is -2.37. The van der Waals surface area contributed by atoms with E-state index in [0.29, 0.717) is 23.5 Å². The van der Waals surface area contributed by atoms with Gasteiger partial charge in [-0.15, -0.1) is 0 Å². The van der Waals surface area contributed by atoms with Crippen LogP contribution >= 0.6 is 0 Å². The molecule has 2 rings (SSSR count). The van der Waals surface area contributed by atoms with Crippen molar-refractivity contribution in [3.05, 3.63) is 65.7 Å². The van der Waals surface area contributed by atoms with E-state index in [0.717, 1.165) is 0 Å². The summed E-state index contributed by atoms with van der Waals surface area (Å²) >= 11 is 0. The van der Waals surface area contributed by atoms with Gasteiger partial charge in [0.05, 0.1) is 14.2 Å². The highest BCUT2D eigenvalue weighted by atomic mass is 16.6. The minimum atomic E-state index is -2.04. The number of hydrogen-bond acceptors (Lipinski definition) is 5. The quantitative estimate of drug-likeness (QED) is 0.791. The Labute approximate surface area is 141 Å². The third-order valence-corrected chi connectivity index (χ3v) is 3.83. The summed E-state index contributed by atoms with van der Waals surface area (Å²) < 4.78 is 16.0. The first kappa shape index (κ1) is 18.0. The molecule has 0 aliphatic heterocycles. The highest BCUT2D eigenvalue weighted by molar-refractivity contribution is 5.83. The lowest BCUT2D eigenvalue weighted by Gasteiger charge is -2.34. The third kappa shape index (κ3) is 3.27. The number of hydrogen-bond donors (Lipinski definition) is 1. The second-order valence-corrected chi connectivity index (χ2v) is 5.20. The zero-order chi connectivity index (χ0) is 17.6. The number of para-hydroxylation sites is 1. The fraction of sp³-hybridized carbons (Fsp3) is 0.316. The topological polar surface area (TPSA) is 65.0 Å². The van der Waals surface area contributed by atoms with Crippen molar-refractivity contribution in [2.45, 2.75) is 18.6 Å². The zero-order valence-corrected chi connectivity index (χ0v) is 14.1. The van der Waals surface area contributed by atoms with Gasteiger partial charge >= 0.3 is 5.97 Å². The standard InChI is InChI=1S/C19H22O5/c1-4-24-17(14-10-6-5-7-11-14)19(21,18(20)23-3)15-12-8-9-13-16(15)22-2/h5-13,17,21H,4H2,1-3H3/t17-,19-/m0/s1. The molecule has 2 aromatic carbocycles. The van der Waals surface area contributed by atoms with Gasteiger partial charge in [-0.05, 0) is 18.6 Å². The minimum Gasteiger partial charge on any atom is -0.496 e. The molecular weight excluding hydrogens is 308 g/mol. The number of carbonyl (C=O) groups excluding carboxylic acids is 1. The van der Waals surface area contributed by atoms with Crippen LogP contribution in [0.4, 0.5) is 0 Å². The first-order valence-corrected chi connectivity index (χ1v) is 7.70. The van der Waals surface area contributed by atoms with E-state index in [1.165, 1.54) is 14.2 Å². The van der Waals surface area contributed by atoms with Crippen molar-refractivity contribution in [2.75, 3.05) is 20.8 Å². The highest BCUT2D eigenvalue weighted by Crippen LogP contribution is 2.42. The molecule has 0 unspecified atom stereocenters. The maximum Gasteiger partial charge on any atom is 0.345 e. The fourth-order valence-corrected chi connectivity index (χ4v) is 2.73. The largest absolute Gasteiger partial charge is 0.496 e. The van der Waals surface area contributed by atoms with Crippen LogP contribution in [-0.2, 0) is 19.9 Å². The van der Waals surface area contributed by atoms with Gasteiger partial charge in [0.1, 0.15) is 11.9 Å². The predicted molar refractivity (Wildman–Crippen MR) is 89.7 cm³/mol. The SMILES string of the molecule is CCO[C@@H](c1ccccc1)[C@](O)(C(=O)OC)c1ccccc1OC. The summed E-state index contributed by atoms with van der Waals surface area (Å²) in [6, 6.07) is 15.9. The smallest absolute Gasteiger partial charge is 0.345 e. The summed E-state index contributed by atoms with van der Waals surface area (Å²) in [7, 11) is 2.71. The fourth-order valence-electron chi connectivity index (χ4n) is 2.73. The number of esters is 1. The van der Waals surface area contributed by atoms with Crippen LogP contribution in [-0.4, -0.2) is 31.9 Å². The number of aliphatic hydroxyl groups is 1. The summed E-state index contributed by atoms with van der Waals surface area (Å²) in [5.41, 5.74) is -1.08. The highest BCUT2D eigenvalue weighted by Gasteiger charge is 2.50. The van der Waals surface area contributed by atoms with Gasteiger partial charge in [-0.1, -0.05) is 48.5 Å². The average molecular weight is 330 g/mol. The summed E-state index contributed by atoms with van der Waals surface area (Å²) in [6.45, 7) is 2.11. The van der Waals surface area contributed by atoms with Crippen molar-refractivity contribution < 1.29 is 24.1 Å². The molecule has 0 aliphatic carbocycles. The molecule has 5 nitrogen and oxygen atoms in total. The Morgan fingerprint density at radius 3 is 2.29 bits per heavy atom. The second kappa shape index (κ2) is 7.95. The molecule has 0 spiro atoms. The van der Waals surface area contributed by atoms with Crippen molar-refractivity contribution >= 4 is 5.97 Å². The van der Waals surface area contributed by atoms with Gasteiger partial charge in [0, 0.05) is 12.2 Å². The van der Waals surface area contributed by atoms with Crippen LogP contribution in [0, 0.1) is 0 Å². The van der Waals surface area contributed by atoms with Crippen LogP contribution in [0.2, 0.25) is 0 Å². The van der Waals surface area contributed by atoms with Gasteiger partial charge in [-0.3, -0.25) is 0 Å². The minimum absolute atomic E-state index is 0.293. The van der Waals surface area contributed by atoms with Crippen LogP contribution in [0.15, 0.2) is 54.6 Å². The van der Waals surface area contributed by atoms with Crippen molar-refractivity contribution in [3.8, 4) is 5.75 Å². The normalized spacial score (nSPS) is 14.5. The average Bonchev–Trinajstić information content (AvgIpc) is 2.65. The first-order valence-electron chi connectivity index (χ1n) is 7.70. The molecule has 0 saturated carbocycles. The Morgan fingerprint density at radius 2 is 1.71 bits per heavy atom. The molecule has 0 aliphatic rings. The predicted octanol–water partition coefficient (Wildman–Crippen LogP) is 2.83. The molecule has 5 heteroatoms. The number of methoxy groups -OCH3 is 2. The number of benzene rings is 2. The molecule has 2 atom stereocenters. The summed E-state index contributed by atoms with van der Waals surface area (Å²) in [6.07, 6.45) is -0.938. The van der Waals surface area contributed by atoms with Gasteiger partial charge in [0.25, 0.3) is 0 Å². The van der Waals surface area contributed by atoms with Gasteiger partial charge < -0.3 is 19.3 Å². The summed E-state index contributed by atoms with van der Waals surface area (Å²) in [4.78, 5) is 12.6. The van der Waals surface area contributed by atoms with Crippen LogP contribution < -0.4 is 4.74 Å². The van der Waals surface area contributed by atoms with Crippen LogP contribution in [0.5, 0.6) is 5.75 Å². The molecule has 0 bridgehead atoms. The van der Waals surface area contributed by atoms with E-state index in [9.17, 15) is 9.90 Å². The lowest BCUT2D eigenvalue weighted by molar-refractivity contribution is -0.184. The molecular formula is C19H22O5. The van der Waals surface area contributed by atoms with Gasteiger partial charge in [0.2, 0.25) is 5.60 Å². The van der Waals surface area contributed by atoms with Crippen molar-refractivity contribution in [3.63, 3.8) is 0 Å². The second-order valence-electron chi connectivity index (χ2n) is 5.20. The van der Waals surface area contributed by atoms with Crippen molar-refractivity contribution in [1.29, 1.82) is 0 Å². The van der Waals surface area contributed by atoms with Crippen LogP contribution in [0.25, 0.3) is 0 Å². The Balaban J connectivity index is 2.67. The van der Waals surface area contributed by atoms with E-state index in [2.05, 4.69) is 0 Å². The molecule has 0 radical (unpaired) electrons. The summed E-state index contributed by atoms with van der Waals surface area (Å²) in [5.74, 6) is -0.430. The monoisotopic (exact) mass is 330 g/mol. The van der Waals surface area contributed by atoms with Crippen LogP contribution in [0.3, 0.4) is 0 Å². The molecule has 24 heavy (non-hydrogen) atoms. The van der Waals surface area contributed by atoms with Crippen molar-refractivity contribution in [1.82, 2.24) is 0 Å². The zero-order valence-electron chi connectivity index (χ0n) is 14.1. The number of rotatable bonds is 7. The molecule has 0 saturated heterocycles. The van der Waals surface area contributed by atoms with E-state index in [-0.39, 0.29) is 0 Å². The molecule has 0 fully saturated rings. The Bertz CT molecular complexity index is 670. The number of carbonyl (C=O) groups is 1. The van der Waals surface area contributed by atoms with Gasteiger partial charge in [0.15, 0.2) is 0 Å². The van der Waals surface area contributed by atoms with E-state index in [1.807, 2.05) is 18.2 Å². The van der Waals surface area contributed by atoms with E-state index in [4.69, 9.17) is 14.2 Å². The summed E-state index contributed by atoms with van der Waals surface area (Å²) in [5, 5.41) is 11.4. The molecule has 128 valence electrons. The van der Waals surface area contributed by atoms with Crippen molar-refractivity contribution in [2.24, 2.45) is 0 Å². The third-order valence-electron chi connectivity index (χ3n) is 3.83. The lowest BCUT2D eigenvalue weighted by atomic mass is 9.83. The number of ether oxygens (including phenoxy) is 3. The molecule has 0 amide bonds. The van der Waals surface area contributed by atoms with Gasteiger partial charge in [-0.2, -0.15) is 0 Å². The first-order chi connectivity index (χ1) is 11.6.